The molecule has 5 nitrogen and oxygen atoms in total. The summed E-state index contributed by atoms with van der Waals surface area (Å²) in [5.74, 6) is 0. The van der Waals surface area contributed by atoms with E-state index in [1.807, 2.05) is 46.9 Å². The fourth-order valence-corrected chi connectivity index (χ4v) is 5.61. The van der Waals surface area contributed by atoms with Gasteiger partial charge in [0, 0.05) is 25.1 Å². The summed E-state index contributed by atoms with van der Waals surface area (Å²) in [6.45, 7) is 7.70. The summed E-state index contributed by atoms with van der Waals surface area (Å²) >= 11 is 1.61. The first-order valence-electron chi connectivity index (χ1n) is 11.5. The van der Waals surface area contributed by atoms with Crippen LogP contribution in [0.25, 0.3) is 10.4 Å². The summed E-state index contributed by atoms with van der Waals surface area (Å²) in [5, 5.41) is 10.7. The Morgan fingerprint density at radius 1 is 1.21 bits per heavy atom. The average Bonchev–Trinajstić information content (AvgIpc) is 3.33. The molecule has 1 saturated heterocycles. The minimum atomic E-state index is -0.978. The van der Waals surface area contributed by atoms with Crippen LogP contribution in [0.4, 0.5) is 4.79 Å². The number of hydrogen-bond donors (Lipinski definition) is 1. The van der Waals surface area contributed by atoms with Gasteiger partial charge in [-0.05, 0) is 43.9 Å². The summed E-state index contributed by atoms with van der Waals surface area (Å²) in [6.07, 6.45) is 3.31. The number of nitrogens with zero attached hydrogens (tertiary/aromatic N) is 2. The van der Waals surface area contributed by atoms with Crippen molar-refractivity contribution >= 4 is 17.4 Å². The second kappa shape index (κ2) is 9.27. The molecule has 1 aliphatic heterocycles. The molecule has 0 aliphatic carbocycles. The largest absolute Gasteiger partial charge is 0.438 e. The molecule has 2 heterocycles. The Morgan fingerprint density at radius 3 is 2.48 bits per heavy atom. The lowest BCUT2D eigenvalue weighted by Crippen LogP contribution is -2.55. The number of ether oxygens (including phenoxy) is 1. The lowest BCUT2D eigenvalue weighted by molar-refractivity contribution is -0.118. The minimum absolute atomic E-state index is 0.00928. The van der Waals surface area contributed by atoms with Gasteiger partial charge in [-0.25, -0.2) is 4.79 Å². The van der Waals surface area contributed by atoms with Gasteiger partial charge in [0.2, 0.25) is 0 Å². The Balaban J connectivity index is 1.63. The topological polar surface area (TPSA) is 62.7 Å². The number of thiazole rings is 1. The Kier molecular flexibility index (Phi) is 6.59. The van der Waals surface area contributed by atoms with Crippen LogP contribution < -0.4 is 0 Å². The first kappa shape index (κ1) is 23.5. The number of carbonyl (C=O) groups excluding carboxylic acids is 1. The highest BCUT2D eigenvalue weighted by atomic mass is 32.1. The van der Waals surface area contributed by atoms with E-state index in [1.54, 1.807) is 25.2 Å². The minimum Gasteiger partial charge on any atom is -0.438 e. The number of hydrogen-bond acceptors (Lipinski definition) is 5. The molecule has 6 heteroatoms. The predicted octanol–water partition coefficient (Wildman–Crippen LogP) is 6.55. The number of aliphatic hydroxyl groups is 1. The van der Waals surface area contributed by atoms with Gasteiger partial charge in [-0.3, -0.25) is 9.88 Å². The lowest BCUT2D eigenvalue weighted by atomic mass is 9.77. The molecule has 1 aliphatic rings. The maximum absolute atomic E-state index is 13.5. The normalized spacial score (nSPS) is 22.2. The molecule has 3 aromatic rings. The van der Waals surface area contributed by atoms with E-state index in [9.17, 15) is 9.90 Å². The SMILES string of the molecule is CCC1CC(CC(C)(C)O)(c2ccccc2)OC(=O)N1[C@@H](C)c1ccc(-c2cncs2)cc1. The predicted molar refractivity (Wildman–Crippen MR) is 132 cm³/mol. The summed E-state index contributed by atoms with van der Waals surface area (Å²) in [6, 6.07) is 18.0. The van der Waals surface area contributed by atoms with Crippen molar-refractivity contribution in [1.29, 1.82) is 0 Å². The highest BCUT2D eigenvalue weighted by molar-refractivity contribution is 7.13. The van der Waals surface area contributed by atoms with Crippen molar-refractivity contribution in [3.05, 3.63) is 77.4 Å². The Labute approximate surface area is 200 Å². The molecule has 1 fully saturated rings. The molecule has 0 saturated carbocycles. The number of amides is 1. The van der Waals surface area contributed by atoms with Gasteiger partial charge in [0.15, 0.2) is 0 Å². The van der Waals surface area contributed by atoms with Crippen molar-refractivity contribution in [2.24, 2.45) is 0 Å². The van der Waals surface area contributed by atoms with Gasteiger partial charge >= 0.3 is 6.09 Å². The van der Waals surface area contributed by atoms with Crippen LogP contribution in [-0.4, -0.2) is 32.7 Å². The van der Waals surface area contributed by atoms with E-state index in [1.165, 1.54) is 0 Å². The Bertz CT molecular complexity index is 1060. The molecule has 1 amide bonds. The molecule has 33 heavy (non-hydrogen) atoms. The maximum Gasteiger partial charge on any atom is 0.411 e. The van der Waals surface area contributed by atoms with Gasteiger partial charge in [-0.15, -0.1) is 11.3 Å². The van der Waals surface area contributed by atoms with E-state index in [0.29, 0.717) is 12.8 Å². The van der Waals surface area contributed by atoms with Crippen LogP contribution in [0.2, 0.25) is 0 Å². The van der Waals surface area contributed by atoms with Crippen LogP contribution in [0.1, 0.15) is 64.1 Å². The average molecular weight is 465 g/mol. The van der Waals surface area contributed by atoms with Crippen LogP contribution in [0, 0.1) is 0 Å². The van der Waals surface area contributed by atoms with E-state index >= 15 is 0 Å². The van der Waals surface area contributed by atoms with Gasteiger partial charge in [-0.1, -0.05) is 61.5 Å². The molecular weight excluding hydrogens is 432 g/mol. The molecule has 0 bridgehead atoms. The van der Waals surface area contributed by atoms with E-state index in [-0.39, 0.29) is 18.2 Å². The Hall–Kier alpha value is -2.70. The van der Waals surface area contributed by atoms with E-state index in [4.69, 9.17) is 4.74 Å². The molecule has 0 spiro atoms. The van der Waals surface area contributed by atoms with Gasteiger partial charge in [0.25, 0.3) is 0 Å². The third-order valence-corrected chi connectivity index (χ3v) is 7.29. The zero-order valence-electron chi connectivity index (χ0n) is 19.7. The monoisotopic (exact) mass is 464 g/mol. The summed E-state index contributed by atoms with van der Waals surface area (Å²) in [4.78, 5) is 20.7. The second-order valence-electron chi connectivity index (χ2n) is 9.55. The van der Waals surface area contributed by atoms with E-state index < -0.39 is 11.2 Å². The summed E-state index contributed by atoms with van der Waals surface area (Å²) in [5.41, 5.74) is 3.11. The number of benzene rings is 2. The van der Waals surface area contributed by atoms with Crippen LogP contribution >= 0.6 is 11.3 Å². The Morgan fingerprint density at radius 2 is 1.91 bits per heavy atom. The number of rotatable bonds is 7. The van der Waals surface area contributed by atoms with Crippen LogP contribution in [0.15, 0.2) is 66.3 Å². The zero-order valence-corrected chi connectivity index (χ0v) is 20.5. The van der Waals surface area contributed by atoms with E-state index in [2.05, 4.69) is 43.1 Å². The zero-order chi connectivity index (χ0) is 23.6. The first-order chi connectivity index (χ1) is 15.7. The highest BCUT2D eigenvalue weighted by Crippen LogP contribution is 2.45. The molecule has 0 radical (unpaired) electrons. The number of aromatic nitrogens is 1. The van der Waals surface area contributed by atoms with E-state index in [0.717, 1.165) is 28.0 Å². The summed E-state index contributed by atoms with van der Waals surface area (Å²) in [7, 11) is 0. The third kappa shape index (κ3) is 4.97. The molecule has 174 valence electrons. The molecular formula is C27H32N2O3S. The molecule has 2 unspecified atom stereocenters. The van der Waals surface area contributed by atoms with Crippen LogP contribution in [-0.2, 0) is 10.3 Å². The molecule has 4 rings (SSSR count). The van der Waals surface area contributed by atoms with Crippen molar-refractivity contribution < 1.29 is 14.6 Å². The quantitative estimate of drug-likeness (QED) is 0.431. The van der Waals surface area contributed by atoms with Gasteiger partial charge in [0.05, 0.1) is 22.0 Å². The van der Waals surface area contributed by atoms with Crippen molar-refractivity contribution in [1.82, 2.24) is 9.88 Å². The van der Waals surface area contributed by atoms with Gasteiger partial charge < -0.3 is 9.84 Å². The first-order valence-corrected chi connectivity index (χ1v) is 12.4. The lowest BCUT2D eigenvalue weighted by Gasteiger charge is -2.49. The number of carbonyl (C=O) groups is 1. The maximum atomic E-state index is 13.5. The molecule has 1 N–H and O–H groups in total. The highest BCUT2D eigenvalue weighted by Gasteiger charge is 2.49. The van der Waals surface area contributed by atoms with Crippen molar-refractivity contribution in [2.45, 2.75) is 70.2 Å². The molecule has 2 aromatic carbocycles. The standard InChI is InChI=1S/C27H32N2O3S/c1-5-23-15-27(17-26(3,4)31,22-9-7-6-8-10-22)32-25(30)29(23)19(2)20-11-13-21(14-12-20)24-16-28-18-33-24/h6-14,16,18-19,23,31H,5,15,17H2,1-4H3/t19-,23?,27?/m0/s1. The van der Waals surface area contributed by atoms with Crippen molar-refractivity contribution in [3.63, 3.8) is 0 Å². The third-order valence-electron chi connectivity index (χ3n) is 6.47. The molecule has 3 atom stereocenters. The van der Waals surface area contributed by atoms with Gasteiger partial charge in [-0.2, -0.15) is 0 Å². The summed E-state index contributed by atoms with van der Waals surface area (Å²) < 4.78 is 6.23. The fraction of sp³-hybridized carbons (Fsp3) is 0.407. The molecule has 1 aromatic heterocycles. The van der Waals surface area contributed by atoms with Gasteiger partial charge in [0.1, 0.15) is 5.60 Å². The van der Waals surface area contributed by atoms with Crippen molar-refractivity contribution in [3.8, 4) is 10.4 Å². The fourth-order valence-electron chi connectivity index (χ4n) is 4.98. The van der Waals surface area contributed by atoms with Crippen LogP contribution in [0.5, 0.6) is 0 Å². The number of cyclic esters (lactones) is 1. The van der Waals surface area contributed by atoms with Crippen LogP contribution in [0.3, 0.4) is 0 Å². The second-order valence-corrected chi connectivity index (χ2v) is 10.4. The van der Waals surface area contributed by atoms with Crippen molar-refractivity contribution in [2.75, 3.05) is 0 Å². The smallest absolute Gasteiger partial charge is 0.411 e.